The summed E-state index contributed by atoms with van der Waals surface area (Å²) in [6.45, 7) is 4.00. The largest absolute Gasteiger partial charge is 0.397 e. The lowest BCUT2D eigenvalue weighted by Crippen LogP contribution is -1.94. The number of hydrogen-bond donors (Lipinski definition) is 2. The van der Waals surface area contributed by atoms with Crippen LogP contribution in [0.25, 0.3) is 0 Å². The van der Waals surface area contributed by atoms with Crippen molar-refractivity contribution in [1.82, 2.24) is 0 Å². The predicted octanol–water partition coefficient (Wildman–Crippen LogP) is 2.99. The second-order valence-electron chi connectivity index (χ2n) is 1.98. The Morgan fingerprint density at radius 1 is 1.33 bits per heavy atom. The number of nitrogens with two attached hydrogens (primary N) is 1. The highest BCUT2D eigenvalue weighted by molar-refractivity contribution is 6.31. The second-order valence-corrected chi connectivity index (χ2v) is 2.42. The summed E-state index contributed by atoms with van der Waals surface area (Å²) in [5.41, 5.74) is 7.16. The highest BCUT2D eigenvalue weighted by atomic mass is 35.5. The molecule has 1 aromatic rings. The molecule has 2 nitrogen and oxygen atoms in total. The van der Waals surface area contributed by atoms with Gasteiger partial charge in [0.1, 0.15) is 0 Å². The van der Waals surface area contributed by atoms with Gasteiger partial charge in [0, 0.05) is 12.1 Å². The third kappa shape index (κ3) is 3.01. The van der Waals surface area contributed by atoms with Gasteiger partial charge in [-0.25, -0.2) is 0 Å². The molecule has 0 aliphatic rings. The zero-order valence-corrected chi connectivity index (χ0v) is 8.44. The van der Waals surface area contributed by atoms with Gasteiger partial charge in [0.05, 0.1) is 11.4 Å². The molecule has 3 heteroatoms. The van der Waals surface area contributed by atoms with Gasteiger partial charge in [-0.2, -0.15) is 0 Å². The standard InChI is InChI=1S/C7H9ClN2.C2H6/c1-10-7-4-5(8)2-3-6(7)9;1-2/h2-4,10H,9H2,1H3;1-2H3. The topological polar surface area (TPSA) is 38.0 Å². The molecule has 3 N–H and O–H groups in total. The molecular weight excluding hydrogens is 172 g/mol. The number of rotatable bonds is 1. The van der Waals surface area contributed by atoms with Crippen molar-refractivity contribution in [2.45, 2.75) is 13.8 Å². The zero-order valence-electron chi connectivity index (χ0n) is 7.69. The molecule has 0 saturated heterocycles. The van der Waals surface area contributed by atoms with Gasteiger partial charge in [0.15, 0.2) is 0 Å². The van der Waals surface area contributed by atoms with Crippen molar-refractivity contribution < 1.29 is 0 Å². The van der Waals surface area contributed by atoms with Crippen molar-refractivity contribution in [1.29, 1.82) is 0 Å². The summed E-state index contributed by atoms with van der Waals surface area (Å²) in [4.78, 5) is 0. The van der Waals surface area contributed by atoms with E-state index >= 15 is 0 Å². The predicted molar refractivity (Wildman–Crippen MR) is 56.8 cm³/mol. The van der Waals surface area contributed by atoms with Crippen LogP contribution in [0.3, 0.4) is 0 Å². The third-order valence-corrected chi connectivity index (χ3v) is 1.52. The Labute approximate surface area is 78.7 Å². The van der Waals surface area contributed by atoms with Crippen LogP contribution in [-0.4, -0.2) is 7.05 Å². The second kappa shape index (κ2) is 5.72. The van der Waals surface area contributed by atoms with Crippen LogP contribution in [0.15, 0.2) is 18.2 Å². The Morgan fingerprint density at radius 2 is 1.92 bits per heavy atom. The van der Waals surface area contributed by atoms with E-state index in [-0.39, 0.29) is 0 Å². The first-order valence-electron chi connectivity index (χ1n) is 3.97. The van der Waals surface area contributed by atoms with Crippen molar-refractivity contribution in [2.24, 2.45) is 0 Å². The molecule has 0 saturated carbocycles. The monoisotopic (exact) mass is 186 g/mol. The van der Waals surface area contributed by atoms with E-state index in [0.29, 0.717) is 10.7 Å². The Morgan fingerprint density at radius 3 is 2.33 bits per heavy atom. The van der Waals surface area contributed by atoms with Gasteiger partial charge in [-0.15, -0.1) is 0 Å². The summed E-state index contributed by atoms with van der Waals surface area (Å²) >= 11 is 5.70. The Bertz CT molecular complexity index is 236. The lowest BCUT2D eigenvalue weighted by molar-refractivity contribution is 1.50. The van der Waals surface area contributed by atoms with Crippen molar-refractivity contribution in [3.8, 4) is 0 Å². The molecule has 0 fully saturated rings. The number of hydrogen-bond acceptors (Lipinski definition) is 2. The molecule has 0 spiro atoms. The van der Waals surface area contributed by atoms with Gasteiger partial charge in [-0.3, -0.25) is 0 Å². The summed E-state index contributed by atoms with van der Waals surface area (Å²) in [7, 11) is 1.81. The van der Waals surface area contributed by atoms with Gasteiger partial charge in [0.2, 0.25) is 0 Å². The van der Waals surface area contributed by atoms with Gasteiger partial charge in [-0.05, 0) is 18.2 Å². The van der Waals surface area contributed by atoms with Crippen LogP contribution in [0.1, 0.15) is 13.8 Å². The first-order chi connectivity index (χ1) is 5.74. The molecule has 0 bridgehead atoms. The van der Waals surface area contributed by atoms with Crippen LogP contribution in [0.4, 0.5) is 11.4 Å². The fourth-order valence-electron chi connectivity index (χ4n) is 0.745. The van der Waals surface area contributed by atoms with E-state index < -0.39 is 0 Å². The van der Waals surface area contributed by atoms with E-state index in [1.54, 1.807) is 18.2 Å². The van der Waals surface area contributed by atoms with E-state index in [1.807, 2.05) is 20.9 Å². The van der Waals surface area contributed by atoms with Gasteiger partial charge in [0.25, 0.3) is 0 Å². The first-order valence-corrected chi connectivity index (χ1v) is 4.34. The van der Waals surface area contributed by atoms with Crippen molar-refractivity contribution in [3.05, 3.63) is 23.2 Å². The molecule has 68 valence electrons. The summed E-state index contributed by atoms with van der Waals surface area (Å²) in [5, 5.41) is 3.62. The summed E-state index contributed by atoms with van der Waals surface area (Å²) in [6.07, 6.45) is 0. The van der Waals surface area contributed by atoms with E-state index in [1.165, 1.54) is 0 Å². The minimum absolute atomic E-state index is 0.693. The molecule has 0 unspecified atom stereocenters. The molecule has 0 aromatic heterocycles. The summed E-state index contributed by atoms with van der Waals surface area (Å²) in [5.74, 6) is 0. The Balaban J connectivity index is 0.000000561. The van der Waals surface area contributed by atoms with Crippen molar-refractivity contribution in [2.75, 3.05) is 18.1 Å². The third-order valence-electron chi connectivity index (χ3n) is 1.28. The van der Waals surface area contributed by atoms with Crippen molar-refractivity contribution in [3.63, 3.8) is 0 Å². The average molecular weight is 187 g/mol. The van der Waals surface area contributed by atoms with Gasteiger partial charge < -0.3 is 11.1 Å². The molecular formula is C9H15ClN2. The Kier molecular flexibility index (Phi) is 5.30. The fourth-order valence-corrected chi connectivity index (χ4v) is 0.917. The van der Waals surface area contributed by atoms with Gasteiger partial charge in [-0.1, -0.05) is 25.4 Å². The number of benzene rings is 1. The minimum Gasteiger partial charge on any atom is -0.397 e. The fraction of sp³-hybridized carbons (Fsp3) is 0.333. The number of anilines is 2. The molecule has 12 heavy (non-hydrogen) atoms. The SMILES string of the molecule is CC.CNc1cc(Cl)ccc1N. The molecule has 0 radical (unpaired) electrons. The van der Waals surface area contributed by atoms with Crippen LogP contribution in [0.2, 0.25) is 5.02 Å². The van der Waals surface area contributed by atoms with Gasteiger partial charge >= 0.3 is 0 Å². The van der Waals surface area contributed by atoms with Crippen molar-refractivity contribution >= 4 is 23.0 Å². The van der Waals surface area contributed by atoms with E-state index in [2.05, 4.69) is 5.32 Å². The van der Waals surface area contributed by atoms with E-state index in [0.717, 1.165) is 5.69 Å². The lowest BCUT2D eigenvalue weighted by atomic mass is 10.3. The maximum atomic E-state index is 5.70. The quantitative estimate of drug-likeness (QED) is 0.662. The highest BCUT2D eigenvalue weighted by Gasteiger charge is 1.95. The number of halogens is 1. The van der Waals surface area contributed by atoms with Crippen LogP contribution < -0.4 is 11.1 Å². The molecule has 0 atom stereocenters. The molecule has 0 amide bonds. The number of nitrogens with one attached hydrogen (secondary N) is 1. The molecule has 1 aromatic carbocycles. The molecule has 1 rings (SSSR count). The molecule has 0 heterocycles. The summed E-state index contributed by atoms with van der Waals surface area (Å²) < 4.78 is 0. The summed E-state index contributed by atoms with van der Waals surface area (Å²) in [6, 6.07) is 5.32. The molecule has 0 aliphatic heterocycles. The Hall–Kier alpha value is -0.890. The van der Waals surface area contributed by atoms with E-state index in [4.69, 9.17) is 17.3 Å². The molecule has 0 aliphatic carbocycles. The van der Waals surface area contributed by atoms with Crippen LogP contribution in [-0.2, 0) is 0 Å². The average Bonchev–Trinajstić information content (AvgIpc) is 2.13. The maximum Gasteiger partial charge on any atom is 0.0586 e. The zero-order chi connectivity index (χ0) is 9.56. The van der Waals surface area contributed by atoms with Crippen LogP contribution >= 0.6 is 11.6 Å². The lowest BCUT2D eigenvalue weighted by Gasteiger charge is -2.03. The first kappa shape index (κ1) is 11.1. The minimum atomic E-state index is 0.693. The number of nitrogen functional groups attached to an aromatic ring is 1. The smallest absolute Gasteiger partial charge is 0.0586 e. The van der Waals surface area contributed by atoms with Crippen LogP contribution in [0, 0.1) is 0 Å². The normalized spacial score (nSPS) is 8.33. The maximum absolute atomic E-state index is 5.70. The van der Waals surface area contributed by atoms with E-state index in [9.17, 15) is 0 Å². The highest BCUT2D eigenvalue weighted by Crippen LogP contribution is 2.21. The van der Waals surface area contributed by atoms with Crippen LogP contribution in [0.5, 0.6) is 0 Å².